The molecule has 4 heteroatoms. The molecule has 0 saturated carbocycles. The molecule has 0 saturated heterocycles. The molecule has 0 aliphatic carbocycles. The Morgan fingerprint density at radius 3 is 2.82 bits per heavy atom. The molecule has 0 aliphatic rings. The van der Waals surface area contributed by atoms with Gasteiger partial charge in [-0.25, -0.2) is 0 Å². The standard InChI is InChI=1S/C13H12O4/c1-2-8-3-4-11-10(5-8)13(16)9(7-17-11)6-12(14)15/h3-5,7H,2,6H2,1H3,(H,14,15). The van der Waals surface area contributed by atoms with E-state index in [1.807, 2.05) is 13.0 Å². The fourth-order valence-corrected chi connectivity index (χ4v) is 1.72. The SMILES string of the molecule is CCc1ccc2occ(CC(=O)O)c(=O)c2c1. The van der Waals surface area contributed by atoms with Crippen molar-refractivity contribution in [2.24, 2.45) is 0 Å². The number of hydrogen-bond donors (Lipinski definition) is 1. The molecule has 2 aromatic rings. The van der Waals surface area contributed by atoms with Crippen LogP contribution in [0, 0.1) is 0 Å². The lowest BCUT2D eigenvalue weighted by atomic mass is 10.1. The minimum absolute atomic E-state index is 0.179. The minimum atomic E-state index is -1.04. The first-order valence-electron chi connectivity index (χ1n) is 5.37. The van der Waals surface area contributed by atoms with Gasteiger partial charge in [0.2, 0.25) is 0 Å². The monoisotopic (exact) mass is 232 g/mol. The van der Waals surface area contributed by atoms with E-state index in [4.69, 9.17) is 9.52 Å². The van der Waals surface area contributed by atoms with E-state index < -0.39 is 5.97 Å². The number of hydrogen-bond acceptors (Lipinski definition) is 3. The number of aliphatic carboxylic acids is 1. The normalized spacial score (nSPS) is 10.6. The fourth-order valence-electron chi connectivity index (χ4n) is 1.72. The summed E-state index contributed by atoms with van der Waals surface area (Å²) in [6.07, 6.45) is 1.73. The van der Waals surface area contributed by atoms with E-state index in [1.165, 1.54) is 6.26 Å². The number of benzene rings is 1. The van der Waals surface area contributed by atoms with E-state index >= 15 is 0 Å². The lowest BCUT2D eigenvalue weighted by Crippen LogP contribution is -2.13. The molecule has 0 radical (unpaired) electrons. The first-order valence-corrected chi connectivity index (χ1v) is 5.37. The quantitative estimate of drug-likeness (QED) is 0.878. The molecule has 0 bridgehead atoms. The molecule has 0 atom stereocenters. The average molecular weight is 232 g/mol. The van der Waals surface area contributed by atoms with Gasteiger partial charge in [0.25, 0.3) is 0 Å². The Hall–Kier alpha value is -2.10. The Morgan fingerprint density at radius 2 is 2.18 bits per heavy atom. The molecular formula is C13H12O4. The van der Waals surface area contributed by atoms with Crippen LogP contribution in [0.2, 0.25) is 0 Å². The van der Waals surface area contributed by atoms with E-state index in [9.17, 15) is 9.59 Å². The van der Waals surface area contributed by atoms with E-state index in [0.29, 0.717) is 11.0 Å². The van der Waals surface area contributed by atoms with Crippen molar-refractivity contribution in [2.45, 2.75) is 19.8 Å². The summed E-state index contributed by atoms with van der Waals surface area (Å²) in [6, 6.07) is 5.38. The van der Waals surface area contributed by atoms with Gasteiger partial charge in [-0.15, -0.1) is 0 Å². The number of aryl methyl sites for hydroxylation is 1. The predicted octanol–water partition coefficient (Wildman–Crippen LogP) is 1.98. The Kier molecular flexibility index (Phi) is 2.95. The van der Waals surface area contributed by atoms with Crippen LogP contribution in [-0.4, -0.2) is 11.1 Å². The van der Waals surface area contributed by atoms with Crippen LogP contribution in [-0.2, 0) is 17.6 Å². The van der Waals surface area contributed by atoms with Crippen molar-refractivity contribution < 1.29 is 14.3 Å². The second-order valence-corrected chi connectivity index (χ2v) is 3.84. The Balaban J connectivity index is 2.64. The van der Waals surface area contributed by atoms with E-state index in [1.54, 1.807) is 12.1 Å². The highest BCUT2D eigenvalue weighted by Crippen LogP contribution is 2.14. The molecule has 0 spiro atoms. The maximum absolute atomic E-state index is 12.0. The van der Waals surface area contributed by atoms with Crippen LogP contribution in [0.25, 0.3) is 11.0 Å². The molecule has 0 amide bonds. The van der Waals surface area contributed by atoms with Gasteiger partial charge in [-0.1, -0.05) is 13.0 Å². The molecule has 0 unspecified atom stereocenters. The zero-order valence-corrected chi connectivity index (χ0v) is 9.40. The van der Waals surface area contributed by atoms with Gasteiger partial charge in [-0.2, -0.15) is 0 Å². The zero-order chi connectivity index (χ0) is 12.4. The van der Waals surface area contributed by atoms with Crippen LogP contribution in [0.4, 0.5) is 0 Å². The Labute approximate surface area is 97.5 Å². The smallest absolute Gasteiger partial charge is 0.308 e. The minimum Gasteiger partial charge on any atom is -0.481 e. The fraction of sp³-hybridized carbons (Fsp3) is 0.231. The van der Waals surface area contributed by atoms with Crippen LogP contribution in [0.5, 0.6) is 0 Å². The van der Waals surface area contributed by atoms with Gasteiger partial charge >= 0.3 is 5.97 Å². The summed E-state index contributed by atoms with van der Waals surface area (Å²) < 4.78 is 5.26. The summed E-state index contributed by atoms with van der Waals surface area (Å²) in [5.41, 5.74) is 1.43. The molecule has 88 valence electrons. The van der Waals surface area contributed by atoms with Crippen molar-refractivity contribution in [3.8, 4) is 0 Å². The molecule has 0 fully saturated rings. The van der Waals surface area contributed by atoms with Crippen LogP contribution in [0.1, 0.15) is 18.1 Å². The summed E-state index contributed by atoms with van der Waals surface area (Å²) in [5, 5.41) is 9.13. The summed E-state index contributed by atoms with van der Waals surface area (Å²) in [6.45, 7) is 1.99. The maximum atomic E-state index is 12.0. The maximum Gasteiger partial charge on any atom is 0.308 e. The second-order valence-electron chi connectivity index (χ2n) is 3.84. The van der Waals surface area contributed by atoms with Gasteiger partial charge < -0.3 is 9.52 Å². The molecule has 1 N–H and O–H groups in total. The first kappa shape index (κ1) is 11.4. The molecule has 4 nitrogen and oxygen atoms in total. The van der Waals surface area contributed by atoms with Gasteiger partial charge in [0, 0.05) is 5.56 Å². The van der Waals surface area contributed by atoms with Crippen molar-refractivity contribution in [2.75, 3.05) is 0 Å². The third-order valence-corrected chi connectivity index (χ3v) is 2.66. The van der Waals surface area contributed by atoms with Crippen molar-refractivity contribution in [3.63, 3.8) is 0 Å². The van der Waals surface area contributed by atoms with Gasteiger partial charge in [-0.3, -0.25) is 9.59 Å². The highest BCUT2D eigenvalue weighted by Gasteiger charge is 2.10. The van der Waals surface area contributed by atoms with E-state index in [-0.39, 0.29) is 17.4 Å². The number of rotatable bonds is 3. The summed E-state index contributed by atoms with van der Waals surface area (Å²) in [5.74, 6) is -1.04. The summed E-state index contributed by atoms with van der Waals surface area (Å²) in [4.78, 5) is 22.6. The van der Waals surface area contributed by atoms with Gasteiger partial charge in [-0.05, 0) is 24.1 Å². The number of carboxylic acid groups (broad SMARTS) is 1. The van der Waals surface area contributed by atoms with Gasteiger partial charge in [0.05, 0.1) is 18.1 Å². The third kappa shape index (κ3) is 2.20. The van der Waals surface area contributed by atoms with Crippen molar-refractivity contribution in [1.82, 2.24) is 0 Å². The molecular weight excluding hydrogens is 220 g/mol. The third-order valence-electron chi connectivity index (χ3n) is 2.66. The lowest BCUT2D eigenvalue weighted by molar-refractivity contribution is -0.136. The van der Waals surface area contributed by atoms with Crippen LogP contribution in [0.3, 0.4) is 0 Å². The molecule has 17 heavy (non-hydrogen) atoms. The Bertz CT molecular complexity index is 625. The molecule has 2 rings (SSSR count). The molecule has 1 heterocycles. The first-order chi connectivity index (χ1) is 8.11. The summed E-state index contributed by atoms with van der Waals surface area (Å²) >= 11 is 0. The van der Waals surface area contributed by atoms with E-state index in [0.717, 1.165) is 12.0 Å². The predicted molar refractivity (Wildman–Crippen MR) is 63.2 cm³/mol. The van der Waals surface area contributed by atoms with Gasteiger partial charge in [0.15, 0.2) is 5.43 Å². The topological polar surface area (TPSA) is 67.5 Å². The van der Waals surface area contributed by atoms with E-state index in [2.05, 4.69) is 0 Å². The highest BCUT2D eigenvalue weighted by atomic mass is 16.4. The van der Waals surface area contributed by atoms with Crippen molar-refractivity contribution in [3.05, 3.63) is 45.8 Å². The zero-order valence-electron chi connectivity index (χ0n) is 9.40. The van der Waals surface area contributed by atoms with Crippen molar-refractivity contribution in [1.29, 1.82) is 0 Å². The highest BCUT2D eigenvalue weighted by molar-refractivity contribution is 5.79. The number of fused-ring (bicyclic) bond motifs is 1. The molecule has 0 aliphatic heterocycles. The number of carboxylic acids is 1. The van der Waals surface area contributed by atoms with Crippen LogP contribution in [0.15, 0.2) is 33.7 Å². The largest absolute Gasteiger partial charge is 0.481 e. The Morgan fingerprint density at radius 1 is 1.41 bits per heavy atom. The molecule has 1 aromatic heterocycles. The average Bonchev–Trinajstić information content (AvgIpc) is 2.32. The van der Waals surface area contributed by atoms with Crippen LogP contribution < -0.4 is 5.43 Å². The second kappa shape index (κ2) is 4.41. The lowest BCUT2D eigenvalue weighted by Gasteiger charge is -2.02. The molecule has 1 aromatic carbocycles. The van der Waals surface area contributed by atoms with Crippen molar-refractivity contribution >= 4 is 16.9 Å². The van der Waals surface area contributed by atoms with Crippen LogP contribution >= 0.6 is 0 Å². The summed E-state index contributed by atoms with van der Waals surface area (Å²) in [7, 11) is 0. The number of carbonyl (C=O) groups is 1. The van der Waals surface area contributed by atoms with Gasteiger partial charge in [0.1, 0.15) is 5.58 Å².